The molecule has 0 aromatic carbocycles. The van der Waals surface area contributed by atoms with Crippen LogP contribution in [0.5, 0.6) is 0 Å². The van der Waals surface area contributed by atoms with Crippen molar-refractivity contribution in [1.82, 2.24) is 0 Å². The molecule has 1 saturated carbocycles. The van der Waals surface area contributed by atoms with Crippen LogP contribution in [0.15, 0.2) is 34.9 Å². The van der Waals surface area contributed by atoms with Crippen LogP contribution in [0.25, 0.3) is 0 Å². The Hall–Kier alpha value is -3.43. The molecule has 3 unspecified atom stereocenters. The maximum absolute atomic E-state index is 12.8. The lowest BCUT2D eigenvalue weighted by Gasteiger charge is -2.56. The zero-order valence-electron chi connectivity index (χ0n) is 16.8. The minimum Gasteiger partial charge on any atom is -0.459 e. The lowest BCUT2D eigenvalue weighted by molar-refractivity contribution is -0.133. The summed E-state index contributed by atoms with van der Waals surface area (Å²) < 4.78 is 4.62. The fourth-order valence-electron chi connectivity index (χ4n) is 5.14. The summed E-state index contributed by atoms with van der Waals surface area (Å²) in [5, 5.41) is 18.9. The van der Waals surface area contributed by atoms with E-state index in [1.807, 2.05) is 32.9 Å². The number of esters is 1. The number of methoxy groups -OCH3 is 1. The first-order chi connectivity index (χ1) is 13.6. The third-order valence-corrected chi connectivity index (χ3v) is 6.50. The molecule has 3 aliphatic rings. The van der Waals surface area contributed by atoms with Crippen molar-refractivity contribution in [3.63, 3.8) is 0 Å². The second kappa shape index (κ2) is 6.57. The van der Waals surface area contributed by atoms with Gasteiger partial charge in [-0.15, -0.1) is 0 Å². The molecule has 6 heteroatoms. The molecular formula is C23H20N2O4. The number of nitrogens with zero attached hydrogens (tertiary/aromatic N) is 2. The Labute approximate surface area is 169 Å². The summed E-state index contributed by atoms with van der Waals surface area (Å²) >= 11 is 0. The summed E-state index contributed by atoms with van der Waals surface area (Å²) in [7, 11) is 1.22. The number of Topliss-reactive ketones (excluding diaryl/α,β-unsaturated/α-hetero) is 1. The Morgan fingerprint density at radius 2 is 1.79 bits per heavy atom. The summed E-state index contributed by atoms with van der Waals surface area (Å²) in [6.45, 7) is 5.52. The second-order valence-corrected chi connectivity index (χ2v) is 8.40. The fourth-order valence-corrected chi connectivity index (χ4v) is 5.14. The van der Waals surface area contributed by atoms with E-state index in [1.54, 1.807) is 6.08 Å². The van der Waals surface area contributed by atoms with Crippen LogP contribution in [-0.4, -0.2) is 24.6 Å². The van der Waals surface area contributed by atoms with Gasteiger partial charge in [-0.1, -0.05) is 32.8 Å². The normalized spacial score (nSPS) is 31.9. The van der Waals surface area contributed by atoms with Crippen molar-refractivity contribution in [3.05, 3.63) is 34.9 Å². The van der Waals surface area contributed by atoms with Gasteiger partial charge in [0.25, 0.3) is 0 Å². The monoisotopic (exact) mass is 388 g/mol. The van der Waals surface area contributed by atoms with Crippen LogP contribution in [-0.2, 0) is 19.1 Å². The highest BCUT2D eigenvalue weighted by Gasteiger charge is 2.59. The van der Waals surface area contributed by atoms with Gasteiger partial charge in [0.05, 0.1) is 23.7 Å². The topological polar surface area (TPSA) is 108 Å². The van der Waals surface area contributed by atoms with Crippen molar-refractivity contribution in [3.8, 4) is 24.0 Å². The molecule has 0 aliphatic heterocycles. The van der Waals surface area contributed by atoms with Gasteiger partial charge in [-0.2, -0.15) is 10.5 Å². The molecule has 3 aliphatic carbocycles. The maximum atomic E-state index is 12.8. The molecule has 3 atom stereocenters. The van der Waals surface area contributed by atoms with Crippen molar-refractivity contribution < 1.29 is 19.1 Å². The standard InChI is InChI=1S/C23H20N2O4/c1-21(2)17-5-7-23(8-6-19(27)29-4)11-14(12-24)16(26)9-18(23)22(17,3)10-15(13-25)20(21)28/h9-11,17H,5,7H2,1-4H3. The molecule has 0 aromatic heterocycles. The molecule has 0 saturated heterocycles. The lowest BCUT2D eigenvalue weighted by atomic mass is 9.45. The third-order valence-electron chi connectivity index (χ3n) is 6.50. The van der Waals surface area contributed by atoms with Gasteiger partial charge in [-0.05, 0) is 36.5 Å². The average Bonchev–Trinajstić information content (AvgIpc) is 2.69. The van der Waals surface area contributed by atoms with Gasteiger partial charge in [0, 0.05) is 16.8 Å². The molecule has 146 valence electrons. The molecule has 6 nitrogen and oxygen atoms in total. The van der Waals surface area contributed by atoms with Crippen LogP contribution >= 0.6 is 0 Å². The third kappa shape index (κ3) is 2.82. The number of nitriles is 2. The number of ketones is 2. The number of fused-ring (bicyclic) bond motifs is 3. The quantitative estimate of drug-likeness (QED) is 0.358. The predicted octanol–water partition coefficient (Wildman–Crippen LogP) is 2.58. The summed E-state index contributed by atoms with van der Waals surface area (Å²) in [6.07, 6.45) is 5.55. The van der Waals surface area contributed by atoms with Gasteiger partial charge in [-0.25, -0.2) is 4.79 Å². The van der Waals surface area contributed by atoms with Crippen LogP contribution in [0.4, 0.5) is 0 Å². The van der Waals surface area contributed by atoms with Crippen molar-refractivity contribution in [2.75, 3.05) is 7.11 Å². The highest BCUT2D eigenvalue weighted by Crippen LogP contribution is 2.63. The van der Waals surface area contributed by atoms with E-state index in [4.69, 9.17) is 0 Å². The first-order valence-electron chi connectivity index (χ1n) is 9.24. The molecule has 0 radical (unpaired) electrons. The van der Waals surface area contributed by atoms with E-state index >= 15 is 0 Å². The number of hydrogen-bond donors (Lipinski definition) is 0. The second-order valence-electron chi connectivity index (χ2n) is 8.40. The van der Waals surface area contributed by atoms with E-state index in [9.17, 15) is 24.9 Å². The van der Waals surface area contributed by atoms with Gasteiger partial charge in [0.2, 0.25) is 0 Å². The predicted molar refractivity (Wildman–Crippen MR) is 102 cm³/mol. The Kier molecular flexibility index (Phi) is 4.60. The number of carbonyl (C=O) groups excluding carboxylic acids is 3. The molecule has 0 heterocycles. The van der Waals surface area contributed by atoms with Crippen LogP contribution in [0.1, 0.15) is 33.6 Å². The molecule has 0 amide bonds. The largest absolute Gasteiger partial charge is 0.459 e. The minimum atomic E-state index is -1.02. The van der Waals surface area contributed by atoms with E-state index < -0.39 is 28.0 Å². The number of carbonyl (C=O) groups is 3. The van der Waals surface area contributed by atoms with Gasteiger partial charge >= 0.3 is 5.97 Å². The molecule has 0 spiro atoms. The molecule has 3 rings (SSSR count). The first kappa shape index (κ1) is 20.3. The summed E-state index contributed by atoms with van der Waals surface area (Å²) in [5.41, 5.74) is -2.01. The average molecular weight is 388 g/mol. The molecule has 1 fully saturated rings. The zero-order chi connectivity index (χ0) is 21.6. The smallest absolute Gasteiger partial charge is 0.384 e. The summed E-state index contributed by atoms with van der Waals surface area (Å²) in [4.78, 5) is 37.0. The van der Waals surface area contributed by atoms with Crippen molar-refractivity contribution in [2.45, 2.75) is 33.6 Å². The van der Waals surface area contributed by atoms with E-state index in [-0.39, 0.29) is 22.8 Å². The SMILES string of the molecule is COC(=O)C#CC12C=C(C#N)C(=O)C=C1C1(C)C=C(C#N)C(=O)C(C)(C)C1CC2. The zero-order valence-corrected chi connectivity index (χ0v) is 16.8. The molecular weight excluding hydrogens is 368 g/mol. The van der Waals surface area contributed by atoms with E-state index in [2.05, 4.69) is 16.6 Å². The van der Waals surface area contributed by atoms with Crippen LogP contribution in [0, 0.1) is 56.7 Å². The van der Waals surface area contributed by atoms with Gasteiger partial charge in [0.1, 0.15) is 12.1 Å². The number of ether oxygens (including phenoxy) is 1. The molecule has 29 heavy (non-hydrogen) atoms. The maximum Gasteiger partial charge on any atom is 0.384 e. The van der Waals surface area contributed by atoms with Gasteiger partial charge < -0.3 is 4.74 Å². The molecule has 0 N–H and O–H groups in total. The Morgan fingerprint density at radius 3 is 2.38 bits per heavy atom. The number of rotatable bonds is 0. The van der Waals surface area contributed by atoms with Gasteiger partial charge in [-0.3, -0.25) is 9.59 Å². The summed E-state index contributed by atoms with van der Waals surface area (Å²) in [5.74, 6) is 3.84. The van der Waals surface area contributed by atoms with Crippen molar-refractivity contribution >= 4 is 17.5 Å². The van der Waals surface area contributed by atoms with E-state index in [1.165, 1.54) is 19.3 Å². The number of allylic oxidation sites excluding steroid dienone is 6. The van der Waals surface area contributed by atoms with Crippen LogP contribution in [0.2, 0.25) is 0 Å². The van der Waals surface area contributed by atoms with E-state index in [0.717, 1.165) is 0 Å². The first-order valence-corrected chi connectivity index (χ1v) is 9.24. The van der Waals surface area contributed by atoms with Crippen LogP contribution < -0.4 is 0 Å². The fraction of sp³-hybridized carbons (Fsp3) is 0.435. The van der Waals surface area contributed by atoms with Crippen molar-refractivity contribution in [1.29, 1.82) is 10.5 Å². The highest BCUT2D eigenvalue weighted by atomic mass is 16.5. The minimum absolute atomic E-state index is 0.0365. The Morgan fingerprint density at radius 1 is 1.14 bits per heavy atom. The lowest BCUT2D eigenvalue weighted by Crippen LogP contribution is -2.53. The molecule has 0 bridgehead atoms. The highest BCUT2D eigenvalue weighted by molar-refractivity contribution is 6.10. The number of hydrogen-bond acceptors (Lipinski definition) is 6. The van der Waals surface area contributed by atoms with Crippen LogP contribution in [0.3, 0.4) is 0 Å². The van der Waals surface area contributed by atoms with Gasteiger partial charge in [0.15, 0.2) is 11.6 Å². The summed E-state index contributed by atoms with van der Waals surface area (Å²) in [6, 6.07) is 3.89. The Bertz CT molecular complexity index is 1080. The molecule has 0 aromatic rings. The van der Waals surface area contributed by atoms with E-state index in [0.29, 0.717) is 18.4 Å². The van der Waals surface area contributed by atoms with Crippen molar-refractivity contribution in [2.24, 2.45) is 22.2 Å². The Balaban J connectivity index is 2.30.